The molecule has 0 saturated carbocycles. The standard InChI is InChI=1S/C29H48N6O2/c1-7-9-10-11-12-13-14-15-16-17-21-35-28(31-33-34-35)27(32-37-8-2)29(36)30-26-24(22(3)4)19-18-20-25(26)23(5)6/h18-20,22-23H,7-17,21H2,1-6H3,(H,30,36). The number of aryl methyl sites for hydroxylation is 1. The molecule has 206 valence electrons. The van der Waals surface area contributed by atoms with Gasteiger partial charge in [-0.15, -0.1) is 5.10 Å². The molecule has 0 bridgehead atoms. The first-order valence-corrected chi connectivity index (χ1v) is 14.3. The molecule has 0 spiro atoms. The van der Waals surface area contributed by atoms with E-state index < -0.39 is 0 Å². The number of nitrogens with one attached hydrogen (secondary N) is 1. The largest absolute Gasteiger partial charge is 0.395 e. The Morgan fingerprint density at radius 1 is 0.919 bits per heavy atom. The Morgan fingerprint density at radius 2 is 1.49 bits per heavy atom. The minimum Gasteiger partial charge on any atom is -0.395 e. The Morgan fingerprint density at radius 3 is 2.03 bits per heavy atom. The van der Waals surface area contributed by atoms with Crippen LogP contribution in [0.3, 0.4) is 0 Å². The van der Waals surface area contributed by atoms with Crippen molar-refractivity contribution in [3.8, 4) is 0 Å². The average molecular weight is 513 g/mol. The molecule has 0 aliphatic rings. The lowest BCUT2D eigenvalue weighted by molar-refractivity contribution is -0.110. The molecule has 0 unspecified atom stereocenters. The fourth-order valence-corrected chi connectivity index (χ4v) is 4.45. The molecule has 8 nitrogen and oxygen atoms in total. The SMILES string of the molecule is CCCCCCCCCCCCn1nnnc1C(=NOCC)C(=O)Nc1c(C(C)C)cccc1C(C)C. The number of anilines is 1. The lowest BCUT2D eigenvalue weighted by atomic mass is 9.92. The Kier molecular flexibility index (Phi) is 13.9. The summed E-state index contributed by atoms with van der Waals surface area (Å²) in [4.78, 5) is 18.8. The van der Waals surface area contributed by atoms with Gasteiger partial charge in [0, 0.05) is 12.2 Å². The number of hydrogen-bond acceptors (Lipinski definition) is 6. The summed E-state index contributed by atoms with van der Waals surface area (Å²) >= 11 is 0. The van der Waals surface area contributed by atoms with Gasteiger partial charge in [-0.05, 0) is 46.7 Å². The number of rotatable bonds is 18. The van der Waals surface area contributed by atoms with Gasteiger partial charge in [0.05, 0.1) is 0 Å². The van der Waals surface area contributed by atoms with Crippen molar-refractivity contribution >= 4 is 17.3 Å². The van der Waals surface area contributed by atoms with Crippen molar-refractivity contribution in [2.45, 2.75) is 124 Å². The van der Waals surface area contributed by atoms with Crippen LogP contribution in [0, 0.1) is 0 Å². The average Bonchev–Trinajstić information content (AvgIpc) is 3.33. The summed E-state index contributed by atoms with van der Waals surface area (Å²) in [6, 6.07) is 6.16. The summed E-state index contributed by atoms with van der Waals surface area (Å²) in [5.41, 5.74) is 3.09. The number of aromatic nitrogens is 4. The van der Waals surface area contributed by atoms with Crippen molar-refractivity contribution < 1.29 is 9.63 Å². The fourth-order valence-electron chi connectivity index (χ4n) is 4.45. The van der Waals surface area contributed by atoms with Crippen LogP contribution in [0.1, 0.15) is 135 Å². The van der Waals surface area contributed by atoms with Gasteiger partial charge in [-0.1, -0.05) is 116 Å². The normalized spacial score (nSPS) is 11.9. The number of benzene rings is 1. The van der Waals surface area contributed by atoms with E-state index in [0.717, 1.165) is 29.7 Å². The second kappa shape index (κ2) is 16.9. The Bertz CT molecular complexity index is 941. The minimum atomic E-state index is -0.373. The maximum atomic E-state index is 13.5. The number of amides is 1. The van der Waals surface area contributed by atoms with Gasteiger partial charge in [0.25, 0.3) is 5.91 Å². The summed E-state index contributed by atoms with van der Waals surface area (Å²) in [7, 11) is 0. The summed E-state index contributed by atoms with van der Waals surface area (Å²) in [6.45, 7) is 13.6. The molecule has 0 radical (unpaired) electrons. The highest BCUT2D eigenvalue weighted by molar-refractivity contribution is 6.48. The molecule has 0 saturated heterocycles. The molecule has 1 heterocycles. The molecule has 1 aromatic carbocycles. The highest BCUT2D eigenvalue weighted by atomic mass is 16.6. The number of unbranched alkanes of at least 4 members (excludes halogenated alkanes) is 9. The van der Waals surface area contributed by atoms with E-state index >= 15 is 0 Å². The third kappa shape index (κ3) is 9.90. The van der Waals surface area contributed by atoms with Crippen molar-refractivity contribution in [1.82, 2.24) is 20.2 Å². The Balaban J connectivity index is 2.06. The van der Waals surface area contributed by atoms with Crippen molar-refractivity contribution in [3.05, 3.63) is 35.2 Å². The first kappa shape index (κ1) is 30.5. The molecule has 1 aromatic heterocycles. The van der Waals surface area contributed by atoms with Gasteiger partial charge in [-0.3, -0.25) is 4.79 Å². The van der Waals surface area contributed by atoms with Crippen LogP contribution in [0.4, 0.5) is 5.69 Å². The van der Waals surface area contributed by atoms with Crippen molar-refractivity contribution in [1.29, 1.82) is 0 Å². The van der Waals surface area contributed by atoms with Crippen LogP contribution in [0.25, 0.3) is 0 Å². The van der Waals surface area contributed by atoms with Crippen LogP contribution in [-0.4, -0.2) is 38.4 Å². The summed E-state index contributed by atoms with van der Waals surface area (Å²) in [6.07, 6.45) is 12.5. The molecule has 0 fully saturated rings. The fraction of sp³-hybridized carbons (Fsp3) is 0.690. The number of carbonyl (C=O) groups is 1. The van der Waals surface area contributed by atoms with E-state index in [1.54, 1.807) is 4.68 Å². The number of carbonyl (C=O) groups excluding carboxylic acids is 1. The van der Waals surface area contributed by atoms with Crippen LogP contribution in [-0.2, 0) is 16.2 Å². The van der Waals surface area contributed by atoms with Crippen molar-refractivity contribution in [3.63, 3.8) is 0 Å². The van der Waals surface area contributed by atoms with E-state index in [0.29, 0.717) is 19.0 Å². The predicted molar refractivity (Wildman–Crippen MR) is 151 cm³/mol. The zero-order valence-electron chi connectivity index (χ0n) is 23.9. The van der Waals surface area contributed by atoms with E-state index in [-0.39, 0.29) is 23.5 Å². The van der Waals surface area contributed by atoms with Gasteiger partial charge in [0.2, 0.25) is 11.5 Å². The monoisotopic (exact) mass is 512 g/mol. The second-order valence-corrected chi connectivity index (χ2v) is 10.3. The first-order valence-electron chi connectivity index (χ1n) is 14.3. The molecule has 0 aliphatic heterocycles. The number of tetrazole rings is 1. The number of hydrogen-bond donors (Lipinski definition) is 1. The maximum Gasteiger partial charge on any atom is 0.281 e. The minimum absolute atomic E-state index is 0.0900. The molecule has 37 heavy (non-hydrogen) atoms. The highest BCUT2D eigenvalue weighted by Crippen LogP contribution is 2.32. The zero-order chi connectivity index (χ0) is 27.0. The van der Waals surface area contributed by atoms with Crippen LogP contribution < -0.4 is 5.32 Å². The lowest BCUT2D eigenvalue weighted by Crippen LogP contribution is -2.29. The summed E-state index contributed by atoms with van der Waals surface area (Å²) in [5, 5.41) is 19.4. The topological polar surface area (TPSA) is 94.3 Å². The Hall–Kier alpha value is -2.77. The quantitative estimate of drug-likeness (QED) is 0.129. The lowest BCUT2D eigenvalue weighted by Gasteiger charge is -2.20. The van der Waals surface area contributed by atoms with Gasteiger partial charge in [0.15, 0.2) is 0 Å². The van der Waals surface area contributed by atoms with Crippen LogP contribution >= 0.6 is 0 Å². The summed E-state index contributed by atoms with van der Waals surface area (Å²) in [5.74, 6) is 0.462. The van der Waals surface area contributed by atoms with Crippen molar-refractivity contribution in [2.24, 2.45) is 5.16 Å². The van der Waals surface area contributed by atoms with E-state index in [1.165, 1.54) is 51.4 Å². The molecular weight excluding hydrogens is 464 g/mol. The zero-order valence-corrected chi connectivity index (χ0v) is 23.9. The number of nitrogens with zero attached hydrogens (tertiary/aromatic N) is 5. The van der Waals surface area contributed by atoms with Gasteiger partial charge < -0.3 is 10.2 Å². The van der Waals surface area contributed by atoms with Gasteiger partial charge in [-0.25, -0.2) is 4.68 Å². The third-order valence-electron chi connectivity index (χ3n) is 6.58. The maximum absolute atomic E-state index is 13.5. The number of para-hydroxylation sites is 1. The molecule has 1 amide bonds. The first-order chi connectivity index (χ1) is 17.9. The van der Waals surface area contributed by atoms with E-state index in [2.05, 4.69) is 72.7 Å². The second-order valence-electron chi connectivity index (χ2n) is 10.3. The van der Waals surface area contributed by atoms with E-state index in [9.17, 15) is 4.79 Å². The molecular formula is C29H48N6O2. The molecule has 8 heteroatoms. The predicted octanol–water partition coefficient (Wildman–Crippen LogP) is 7.22. The molecule has 2 aromatic rings. The number of oxime groups is 1. The van der Waals surface area contributed by atoms with Crippen molar-refractivity contribution in [2.75, 3.05) is 11.9 Å². The van der Waals surface area contributed by atoms with Gasteiger partial charge >= 0.3 is 0 Å². The molecule has 1 N–H and O–H groups in total. The van der Waals surface area contributed by atoms with E-state index in [1.807, 2.05) is 13.0 Å². The molecule has 2 rings (SSSR count). The summed E-state index contributed by atoms with van der Waals surface area (Å²) < 4.78 is 1.67. The van der Waals surface area contributed by atoms with E-state index in [4.69, 9.17) is 4.84 Å². The van der Waals surface area contributed by atoms with Crippen LogP contribution in [0.5, 0.6) is 0 Å². The highest BCUT2D eigenvalue weighted by Gasteiger charge is 2.25. The molecule has 0 aliphatic carbocycles. The van der Waals surface area contributed by atoms with Crippen LogP contribution in [0.15, 0.2) is 23.4 Å². The smallest absolute Gasteiger partial charge is 0.281 e. The Labute approximate surface area is 223 Å². The molecule has 0 atom stereocenters. The van der Waals surface area contributed by atoms with Gasteiger partial charge in [-0.2, -0.15) is 0 Å². The van der Waals surface area contributed by atoms with Gasteiger partial charge in [0.1, 0.15) is 6.61 Å². The van der Waals surface area contributed by atoms with Crippen LogP contribution in [0.2, 0.25) is 0 Å². The third-order valence-corrected chi connectivity index (χ3v) is 6.58.